The second-order valence-electron chi connectivity index (χ2n) is 6.40. The molecule has 0 aliphatic carbocycles. The molecule has 0 bridgehead atoms. The van der Waals surface area contributed by atoms with Crippen LogP contribution in [0.15, 0.2) is 66.1 Å². The van der Waals surface area contributed by atoms with Crippen molar-refractivity contribution in [3.8, 4) is 10.6 Å². The van der Waals surface area contributed by atoms with Gasteiger partial charge in [0.2, 0.25) is 0 Å². The smallest absolute Gasteiger partial charge is 0.125 e. The molecule has 0 atom stereocenters. The summed E-state index contributed by atoms with van der Waals surface area (Å²) in [5, 5.41) is 7.03. The summed E-state index contributed by atoms with van der Waals surface area (Å²) in [6.45, 7) is 22.5. The number of nitrogens with zero attached hydrogens (tertiary/aromatic N) is 2. The van der Waals surface area contributed by atoms with E-state index < -0.39 is 0 Å². The normalized spacial score (nSPS) is 10.5. The van der Waals surface area contributed by atoms with Gasteiger partial charge in [-0.2, -0.15) is 0 Å². The molecule has 0 amide bonds. The highest BCUT2D eigenvalue weighted by atomic mass is 32.2. The predicted octanol–water partition coefficient (Wildman–Crippen LogP) is 6.88. The molecule has 1 aromatic carbocycles. The largest absolute Gasteiger partial charge is 0.320 e. The molecule has 0 fully saturated rings. The zero-order valence-electron chi connectivity index (χ0n) is 20.7. The lowest BCUT2D eigenvalue weighted by molar-refractivity contribution is -0.0979. The zero-order chi connectivity index (χ0) is 25.9. The molecule has 2 rings (SSSR count). The molecule has 34 heavy (non-hydrogen) atoms. The number of aromatic nitrogens is 1. The van der Waals surface area contributed by atoms with Crippen LogP contribution in [0.5, 0.6) is 0 Å². The molecule has 5 nitrogen and oxygen atoms in total. The Hall–Kier alpha value is -2.84. The van der Waals surface area contributed by atoms with E-state index in [9.17, 15) is 0 Å². The lowest BCUT2D eigenvalue weighted by Gasteiger charge is -2.14. The minimum absolute atomic E-state index is 0.760. The third kappa shape index (κ3) is 9.19. The molecule has 7 heteroatoms. The third-order valence-electron chi connectivity index (χ3n) is 4.30. The number of carbonyl (C=O) groups excluding carboxylic acids is 1. The quantitative estimate of drug-likeness (QED) is 0.154. The fourth-order valence-corrected chi connectivity index (χ4v) is 4.51. The second kappa shape index (κ2) is 18.6. The summed E-state index contributed by atoms with van der Waals surface area (Å²) in [4.78, 5) is 19.1. The summed E-state index contributed by atoms with van der Waals surface area (Å²) in [6, 6.07) is 4.22. The van der Waals surface area contributed by atoms with Gasteiger partial charge in [-0.1, -0.05) is 51.0 Å². The van der Waals surface area contributed by atoms with Gasteiger partial charge in [0, 0.05) is 16.3 Å². The first-order chi connectivity index (χ1) is 16.5. The second-order valence-corrected chi connectivity index (χ2v) is 8.41. The first-order valence-corrected chi connectivity index (χ1v) is 12.4. The van der Waals surface area contributed by atoms with Crippen molar-refractivity contribution in [3.05, 3.63) is 72.3 Å². The van der Waals surface area contributed by atoms with E-state index in [2.05, 4.69) is 67.2 Å². The first kappa shape index (κ1) is 31.2. The van der Waals surface area contributed by atoms with Gasteiger partial charge in [-0.25, -0.2) is 4.98 Å². The Morgan fingerprint density at radius 3 is 2.29 bits per heavy atom. The molecule has 0 aliphatic rings. The molecular weight excluding hydrogens is 460 g/mol. The monoisotopic (exact) mass is 496 g/mol. The summed E-state index contributed by atoms with van der Waals surface area (Å²) in [5.41, 5.74) is 4.86. The van der Waals surface area contributed by atoms with Crippen LogP contribution in [0.3, 0.4) is 0 Å². The average molecular weight is 497 g/mol. The number of hydrogen-bond acceptors (Lipinski definition) is 7. The number of carbonyl (C=O) groups is 1. The molecule has 2 N–H and O–H groups in total. The van der Waals surface area contributed by atoms with E-state index in [0.29, 0.717) is 0 Å². The summed E-state index contributed by atoms with van der Waals surface area (Å²) in [6.07, 6.45) is 11.4. The zero-order valence-corrected chi connectivity index (χ0v) is 22.3. The van der Waals surface area contributed by atoms with Crippen molar-refractivity contribution in [3.63, 3.8) is 0 Å². The number of rotatable bonds is 11. The van der Waals surface area contributed by atoms with Crippen LogP contribution in [-0.2, 0) is 4.79 Å². The molecule has 0 unspecified atom stereocenters. The highest BCUT2D eigenvalue weighted by Gasteiger charge is 2.18. The van der Waals surface area contributed by atoms with Gasteiger partial charge in [0.15, 0.2) is 0 Å². The molecule has 0 radical (unpaired) electrons. The lowest BCUT2D eigenvalue weighted by Crippen LogP contribution is -2.03. The van der Waals surface area contributed by atoms with Gasteiger partial charge in [0.25, 0.3) is 0 Å². The van der Waals surface area contributed by atoms with Gasteiger partial charge >= 0.3 is 0 Å². The van der Waals surface area contributed by atoms with Crippen molar-refractivity contribution in [2.75, 3.05) is 26.5 Å². The Balaban J connectivity index is 0.00000164. The van der Waals surface area contributed by atoms with Crippen molar-refractivity contribution >= 4 is 60.0 Å². The fraction of sp³-hybridized carbons (Fsp3) is 0.222. The summed E-state index contributed by atoms with van der Waals surface area (Å²) < 4.78 is 0. The Labute approximate surface area is 213 Å². The van der Waals surface area contributed by atoms with Crippen LogP contribution in [0.2, 0.25) is 0 Å². The Bertz CT molecular complexity index is 979. The van der Waals surface area contributed by atoms with Crippen LogP contribution in [-0.4, -0.2) is 45.0 Å². The van der Waals surface area contributed by atoms with E-state index in [1.54, 1.807) is 35.3 Å². The molecule has 182 valence electrons. The Kier molecular flexibility index (Phi) is 17.0. The summed E-state index contributed by atoms with van der Waals surface area (Å²) in [5.74, 6) is 0.760. The number of benzene rings is 1. The minimum Gasteiger partial charge on any atom is -0.320 e. The lowest BCUT2D eigenvalue weighted by atomic mass is 10.0. The average Bonchev–Trinajstić information content (AvgIpc) is 3.32. The van der Waals surface area contributed by atoms with Crippen LogP contribution in [0, 0.1) is 0 Å². The SMILES string of the molecule is C=C/C=C\C(=C/C)c1cc(N=C)c(SCNC)c(-c2nc(C=C)c(C=C)s2)c1.C=O.CCNC. The van der Waals surface area contributed by atoms with Gasteiger partial charge in [0.1, 0.15) is 11.8 Å². The van der Waals surface area contributed by atoms with Crippen LogP contribution in [0.25, 0.3) is 28.3 Å². The highest BCUT2D eigenvalue weighted by molar-refractivity contribution is 7.99. The van der Waals surface area contributed by atoms with Gasteiger partial charge in [0.05, 0.1) is 16.3 Å². The van der Waals surface area contributed by atoms with Crippen molar-refractivity contribution in [2.45, 2.75) is 18.7 Å². The van der Waals surface area contributed by atoms with E-state index in [1.165, 1.54) is 0 Å². The van der Waals surface area contributed by atoms with Crippen LogP contribution in [0.1, 0.15) is 30.0 Å². The standard InChI is InChI=1S/C23H25N3S2.C3H9N.CH2O/c1-7-11-12-16(8-2)17-13-18(22(27-15-24-5)20(14-17)25-6)23-26-19(9-3)21(10-4)28-23;1-3-4-2;1-2/h7-14,24H,1,3-4,6,15H2,2,5H3;4H,3H2,1-2H3;1H2/b12-11-,16-8+;;. The maximum absolute atomic E-state index is 8.00. The third-order valence-corrected chi connectivity index (χ3v) is 6.55. The van der Waals surface area contributed by atoms with Crippen LogP contribution < -0.4 is 10.6 Å². The van der Waals surface area contributed by atoms with Gasteiger partial charge in [-0.3, -0.25) is 4.99 Å². The number of thiazole rings is 1. The number of hydrogen-bond donors (Lipinski definition) is 2. The Morgan fingerprint density at radius 1 is 1.18 bits per heavy atom. The molecule has 1 aromatic heterocycles. The molecule has 0 saturated heterocycles. The Morgan fingerprint density at radius 2 is 1.85 bits per heavy atom. The number of nitrogens with one attached hydrogen (secondary N) is 2. The molecule has 0 spiro atoms. The van der Waals surface area contributed by atoms with Crippen molar-refractivity contribution in [2.24, 2.45) is 4.99 Å². The van der Waals surface area contributed by atoms with E-state index in [-0.39, 0.29) is 0 Å². The van der Waals surface area contributed by atoms with E-state index in [1.807, 2.05) is 46.0 Å². The summed E-state index contributed by atoms with van der Waals surface area (Å²) in [7, 11) is 3.86. The number of allylic oxidation sites excluding steroid dienone is 5. The maximum Gasteiger partial charge on any atom is 0.125 e. The molecule has 0 aliphatic heterocycles. The van der Waals surface area contributed by atoms with Gasteiger partial charge < -0.3 is 15.4 Å². The molecule has 1 heterocycles. The van der Waals surface area contributed by atoms with Gasteiger partial charge in [-0.05, 0) is 69.7 Å². The van der Waals surface area contributed by atoms with Crippen molar-refractivity contribution in [1.29, 1.82) is 0 Å². The van der Waals surface area contributed by atoms with E-state index in [0.717, 1.165) is 55.3 Å². The summed E-state index contributed by atoms with van der Waals surface area (Å²) >= 11 is 3.29. The predicted molar refractivity (Wildman–Crippen MR) is 156 cm³/mol. The fourth-order valence-electron chi connectivity index (χ4n) is 2.63. The van der Waals surface area contributed by atoms with Crippen LogP contribution >= 0.6 is 23.1 Å². The van der Waals surface area contributed by atoms with E-state index in [4.69, 9.17) is 9.78 Å². The van der Waals surface area contributed by atoms with E-state index >= 15 is 0 Å². The molecule has 0 saturated carbocycles. The topological polar surface area (TPSA) is 66.4 Å². The first-order valence-electron chi connectivity index (χ1n) is 10.6. The number of thioether (sulfide) groups is 1. The number of aliphatic imine (C=N–C) groups is 1. The van der Waals surface area contributed by atoms with Crippen molar-refractivity contribution in [1.82, 2.24) is 15.6 Å². The van der Waals surface area contributed by atoms with Crippen LogP contribution in [0.4, 0.5) is 5.69 Å². The molecule has 2 aromatic rings. The minimum atomic E-state index is 0.760. The molecular formula is C27H36N4OS2. The van der Waals surface area contributed by atoms with Crippen molar-refractivity contribution < 1.29 is 4.79 Å². The maximum atomic E-state index is 8.00. The van der Waals surface area contributed by atoms with Gasteiger partial charge in [-0.15, -0.1) is 23.1 Å². The highest BCUT2D eigenvalue weighted by Crippen LogP contribution is 2.43.